The molecule has 27 heavy (non-hydrogen) atoms. The number of benzene rings is 2. The van der Waals surface area contributed by atoms with Gasteiger partial charge in [-0.15, -0.1) is 0 Å². The van der Waals surface area contributed by atoms with Gasteiger partial charge in [0.15, 0.2) is 0 Å². The van der Waals surface area contributed by atoms with E-state index < -0.39 is 28.8 Å². The van der Waals surface area contributed by atoms with E-state index in [0.29, 0.717) is 22.5 Å². The second-order valence-corrected chi connectivity index (χ2v) is 5.98. The van der Waals surface area contributed by atoms with Crippen molar-refractivity contribution in [2.45, 2.75) is 18.5 Å². The van der Waals surface area contributed by atoms with Gasteiger partial charge in [0.1, 0.15) is 12.0 Å². The molecule has 0 unspecified atom stereocenters. The maximum atomic E-state index is 12.7. The minimum atomic E-state index is -1.74. The first kappa shape index (κ1) is 18.2. The number of imide groups is 1. The number of aldehydes is 1. The molecule has 2 aromatic carbocycles. The lowest BCUT2D eigenvalue weighted by molar-refractivity contribution is -0.545. The molecular weight excluding hydrogens is 352 g/mol. The predicted molar refractivity (Wildman–Crippen MR) is 94.1 cm³/mol. The third-order valence-corrected chi connectivity index (χ3v) is 4.55. The van der Waals surface area contributed by atoms with Gasteiger partial charge >= 0.3 is 6.17 Å². The lowest BCUT2D eigenvalue weighted by Gasteiger charge is -2.26. The number of carbonyl (C=O) groups is 3. The molecule has 138 valence electrons. The second-order valence-electron chi connectivity index (χ2n) is 5.98. The van der Waals surface area contributed by atoms with Crippen molar-refractivity contribution in [2.24, 2.45) is 0 Å². The molecule has 0 fully saturated rings. The number of hydrogen-bond donors (Lipinski definition) is 0. The number of para-hydroxylation sites is 1. The van der Waals surface area contributed by atoms with Crippen LogP contribution in [-0.4, -0.2) is 41.2 Å². The molecule has 0 saturated heterocycles. The number of nitrogens with zero attached hydrogens (tertiary/aromatic N) is 2. The van der Waals surface area contributed by atoms with Gasteiger partial charge in [0, 0.05) is 16.9 Å². The first-order valence-corrected chi connectivity index (χ1v) is 8.18. The van der Waals surface area contributed by atoms with Gasteiger partial charge in [-0.05, 0) is 18.2 Å². The Hall–Kier alpha value is -3.55. The van der Waals surface area contributed by atoms with Crippen molar-refractivity contribution in [3.8, 4) is 5.75 Å². The number of carbonyl (C=O) groups excluding carboxylic acids is 3. The van der Waals surface area contributed by atoms with Gasteiger partial charge in [0.25, 0.3) is 11.8 Å². The van der Waals surface area contributed by atoms with E-state index in [4.69, 9.17) is 4.74 Å². The topological polar surface area (TPSA) is 107 Å². The molecule has 1 aliphatic rings. The Bertz CT molecular complexity index is 891. The van der Waals surface area contributed by atoms with E-state index in [9.17, 15) is 24.5 Å². The van der Waals surface area contributed by atoms with Crippen LogP contribution < -0.4 is 4.74 Å². The average molecular weight is 368 g/mol. The summed E-state index contributed by atoms with van der Waals surface area (Å²) < 4.78 is 5.25. The molecule has 0 bridgehead atoms. The summed E-state index contributed by atoms with van der Waals surface area (Å²) >= 11 is 0. The predicted octanol–water partition coefficient (Wildman–Crippen LogP) is 2.27. The van der Waals surface area contributed by atoms with Gasteiger partial charge in [0.2, 0.25) is 0 Å². The minimum Gasteiger partial charge on any atom is -0.496 e. The number of methoxy groups -OCH3 is 1. The molecule has 0 radical (unpaired) electrons. The fourth-order valence-electron chi connectivity index (χ4n) is 3.35. The van der Waals surface area contributed by atoms with E-state index in [1.54, 1.807) is 36.4 Å². The molecule has 3 rings (SSSR count). The first-order chi connectivity index (χ1) is 13.0. The van der Waals surface area contributed by atoms with Crippen LogP contribution in [0.25, 0.3) is 0 Å². The highest BCUT2D eigenvalue weighted by Gasteiger charge is 2.49. The highest BCUT2D eigenvalue weighted by Crippen LogP contribution is 2.36. The van der Waals surface area contributed by atoms with E-state index in [-0.39, 0.29) is 17.5 Å². The molecule has 0 aromatic heterocycles. The molecule has 8 nitrogen and oxygen atoms in total. The largest absolute Gasteiger partial charge is 0.496 e. The summed E-state index contributed by atoms with van der Waals surface area (Å²) in [5, 5.41) is 11.9. The molecule has 2 amide bonds. The third-order valence-electron chi connectivity index (χ3n) is 4.55. The van der Waals surface area contributed by atoms with Crippen LogP contribution in [0.1, 0.15) is 38.6 Å². The van der Waals surface area contributed by atoms with Crippen molar-refractivity contribution < 1.29 is 24.0 Å². The van der Waals surface area contributed by atoms with Crippen molar-refractivity contribution in [3.05, 3.63) is 75.3 Å². The first-order valence-electron chi connectivity index (χ1n) is 8.18. The Morgan fingerprint density at radius 1 is 1.07 bits per heavy atom. The lowest BCUT2D eigenvalue weighted by Crippen LogP contribution is -2.48. The van der Waals surface area contributed by atoms with E-state index in [0.717, 1.165) is 0 Å². The van der Waals surface area contributed by atoms with Crippen molar-refractivity contribution in [2.75, 3.05) is 7.11 Å². The average Bonchev–Trinajstić information content (AvgIpc) is 2.93. The minimum absolute atomic E-state index is 0.110. The van der Waals surface area contributed by atoms with Crippen LogP contribution in [0.2, 0.25) is 0 Å². The van der Waals surface area contributed by atoms with E-state index >= 15 is 0 Å². The van der Waals surface area contributed by atoms with Gasteiger partial charge in [-0.3, -0.25) is 19.7 Å². The summed E-state index contributed by atoms with van der Waals surface area (Å²) in [5.41, 5.74) is 0.601. The standard InChI is InChI=1S/C19H16N2O6/c1-27-16-9-5-4-6-12(16)13(10-11-22)17(21(25)26)20-18(23)14-7-2-3-8-15(14)19(20)24/h2-9,11,13,17H,10H2,1H3/t13-,17+/m0/s1. The number of hydrogen-bond acceptors (Lipinski definition) is 6. The van der Waals surface area contributed by atoms with E-state index in [1.165, 1.54) is 19.2 Å². The number of fused-ring (bicyclic) bond motifs is 1. The summed E-state index contributed by atoms with van der Waals surface area (Å²) in [6.45, 7) is 0. The summed E-state index contributed by atoms with van der Waals surface area (Å²) in [6.07, 6.45) is -1.45. The van der Waals surface area contributed by atoms with Gasteiger partial charge in [0.05, 0.1) is 24.2 Å². The van der Waals surface area contributed by atoms with Gasteiger partial charge < -0.3 is 9.53 Å². The molecule has 0 aliphatic carbocycles. The molecular formula is C19H16N2O6. The SMILES string of the molecule is COc1ccccc1[C@H](CC=O)[C@H](N1C(=O)c2ccccc2C1=O)[N+](=O)[O-]. The molecule has 0 N–H and O–H groups in total. The molecule has 1 aliphatic heterocycles. The summed E-state index contributed by atoms with van der Waals surface area (Å²) in [7, 11) is 1.40. The normalized spacial score (nSPS) is 15.2. The van der Waals surface area contributed by atoms with Crippen molar-refractivity contribution in [1.82, 2.24) is 4.90 Å². The zero-order valence-corrected chi connectivity index (χ0v) is 14.4. The summed E-state index contributed by atoms with van der Waals surface area (Å²) in [6, 6.07) is 12.6. The molecule has 1 heterocycles. The number of nitro groups is 1. The highest BCUT2D eigenvalue weighted by atomic mass is 16.6. The van der Waals surface area contributed by atoms with Gasteiger partial charge in [-0.2, -0.15) is 0 Å². The summed E-state index contributed by atoms with van der Waals surface area (Å²) in [4.78, 5) is 48.6. The third kappa shape index (κ3) is 3.05. The van der Waals surface area contributed by atoms with Crippen LogP contribution in [0, 0.1) is 10.1 Å². The summed E-state index contributed by atoms with van der Waals surface area (Å²) in [5.74, 6) is -2.20. The highest BCUT2D eigenvalue weighted by molar-refractivity contribution is 6.21. The fraction of sp³-hybridized carbons (Fsp3) is 0.211. The van der Waals surface area contributed by atoms with E-state index in [2.05, 4.69) is 0 Å². The van der Waals surface area contributed by atoms with Gasteiger partial charge in [-0.25, -0.2) is 4.90 Å². The second kappa shape index (κ2) is 7.36. The maximum absolute atomic E-state index is 12.7. The van der Waals surface area contributed by atoms with Gasteiger partial charge in [-0.1, -0.05) is 30.3 Å². The molecule has 2 aromatic rings. The molecule has 8 heteroatoms. The van der Waals surface area contributed by atoms with Crippen molar-refractivity contribution in [3.63, 3.8) is 0 Å². The van der Waals surface area contributed by atoms with Crippen LogP contribution >= 0.6 is 0 Å². The quantitative estimate of drug-likeness (QED) is 0.321. The van der Waals surface area contributed by atoms with Crippen molar-refractivity contribution in [1.29, 1.82) is 0 Å². The Labute approximate surface area is 154 Å². The number of ether oxygens (including phenoxy) is 1. The van der Waals surface area contributed by atoms with Crippen LogP contribution in [0.4, 0.5) is 0 Å². The zero-order chi connectivity index (χ0) is 19.6. The Morgan fingerprint density at radius 3 is 2.15 bits per heavy atom. The Balaban J connectivity index is 2.11. The fourth-order valence-corrected chi connectivity index (χ4v) is 3.35. The van der Waals surface area contributed by atoms with Crippen LogP contribution in [0.5, 0.6) is 5.75 Å². The Morgan fingerprint density at radius 2 is 1.63 bits per heavy atom. The van der Waals surface area contributed by atoms with E-state index in [1.807, 2.05) is 0 Å². The molecule has 0 spiro atoms. The van der Waals surface area contributed by atoms with Crippen LogP contribution in [-0.2, 0) is 4.79 Å². The Kier molecular flexibility index (Phi) is 4.98. The maximum Gasteiger partial charge on any atom is 0.303 e. The van der Waals surface area contributed by atoms with Crippen LogP contribution in [0.3, 0.4) is 0 Å². The lowest BCUT2D eigenvalue weighted by atomic mass is 9.91. The smallest absolute Gasteiger partial charge is 0.303 e. The van der Waals surface area contributed by atoms with Crippen molar-refractivity contribution >= 4 is 18.1 Å². The zero-order valence-electron chi connectivity index (χ0n) is 14.4. The number of rotatable bonds is 7. The molecule has 0 saturated carbocycles. The monoisotopic (exact) mass is 368 g/mol. The van der Waals surface area contributed by atoms with Crippen LogP contribution in [0.15, 0.2) is 48.5 Å². The molecule has 2 atom stereocenters. The number of amides is 2.